The molecule has 0 saturated carbocycles. The molecule has 4 rings (SSSR count). The molecule has 0 fully saturated rings. The molecule has 2 aromatic carbocycles. The average Bonchev–Trinajstić information content (AvgIpc) is 3.46. The molecule has 4 N–H and O–H groups in total. The number of nitrogens with one attached hydrogen (secondary N) is 2. The lowest BCUT2D eigenvalue weighted by molar-refractivity contribution is -0.121. The third kappa shape index (κ3) is 8.53. The highest BCUT2D eigenvalue weighted by Crippen LogP contribution is 2.28. The van der Waals surface area contributed by atoms with Crippen LogP contribution in [0.5, 0.6) is 0 Å². The van der Waals surface area contributed by atoms with Crippen molar-refractivity contribution in [3.05, 3.63) is 81.5 Å². The van der Waals surface area contributed by atoms with E-state index in [1.165, 1.54) is 35.2 Å². The van der Waals surface area contributed by atoms with E-state index in [4.69, 9.17) is 10.1 Å². The first-order chi connectivity index (χ1) is 20.6. The molecule has 2 aromatic heterocycles. The second-order valence-corrected chi connectivity index (χ2v) is 13.5. The second kappa shape index (κ2) is 14.8. The molecule has 228 valence electrons. The molecule has 1 atom stereocenters. The molecular weight excluding hydrogens is 607 g/mol. The van der Waals surface area contributed by atoms with Gasteiger partial charge in [-0.1, -0.05) is 55.9 Å². The van der Waals surface area contributed by atoms with Crippen LogP contribution < -0.4 is 21.3 Å². The van der Waals surface area contributed by atoms with Gasteiger partial charge in [-0.05, 0) is 66.5 Å². The molecule has 0 bridgehead atoms. The molecule has 10 nitrogen and oxygen atoms in total. The number of para-hydroxylation sites is 1. The number of fused-ring (bicyclic) bond motifs is 1. The van der Waals surface area contributed by atoms with Crippen LogP contribution in [0.15, 0.2) is 74.8 Å². The number of aromatic nitrogens is 2. The minimum atomic E-state index is -3.75. The number of carbonyl (C=O) groups excluding carboxylic acids is 2. The van der Waals surface area contributed by atoms with Crippen LogP contribution >= 0.6 is 23.1 Å². The highest BCUT2D eigenvalue weighted by Gasteiger charge is 2.23. The highest BCUT2D eigenvalue weighted by atomic mass is 32.2. The lowest BCUT2D eigenvalue weighted by atomic mass is 10.1. The normalized spacial score (nSPS) is 12.3. The lowest BCUT2D eigenvalue weighted by Crippen LogP contribution is -2.29. The van der Waals surface area contributed by atoms with Gasteiger partial charge in [-0.15, -0.1) is 11.3 Å². The van der Waals surface area contributed by atoms with Crippen molar-refractivity contribution in [2.45, 2.75) is 67.8 Å². The summed E-state index contributed by atoms with van der Waals surface area (Å²) in [4.78, 5) is 43.9. The fraction of sp³-hybridized carbons (Fsp3) is 0.333. The van der Waals surface area contributed by atoms with E-state index >= 15 is 0 Å². The molecule has 0 spiro atoms. The van der Waals surface area contributed by atoms with Crippen LogP contribution in [0.25, 0.3) is 10.2 Å². The molecule has 2 amide bonds. The zero-order chi connectivity index (χ0) is 31.0. The average molecular weight is 642 g/mol. The Labute approximate surface area is 259 Å². The molecular formula is C30H35N5O5S3. The van der Waals surface area contributed by atoms with Crippen LogP contribution in [0.4, 0.5) is 5.69 Å². The number of rotatable bonds is 14. The van der Waals surface area contributed by atoms with Gasteiger partial charge in [-0.3, -0.25) is 19.0 Å². The minimum Gasteiger partial charge on any atom is -0.356 e. The van der Waals surface area contributed by atoms with E-state index < -0.39 is 15.3 Å². The van der Waals surface area contributed by atoms with Gasteiger partial charge in [0.1, 0.15) is 4.70 Å². The largest absolute Gasteiger partial charge is 0.356 e. The van der Waals surface area contributed by atoms with Gasteiger partial charge in [-0.2, -0.15) is 0 Å². The van der Waals surface area contributed by atoms with Gasteiger partial charge in [0, 0.05) is 25.2 Å². The van der Waals surface area contributed by atoms with Crippen LogP contribution in [-0.2, 0) is 39.0 Å². The summed E-state index contributed by atoms with van der Waals surface area (Å²) in [6.07, 6.45) is 2.47. The van der Waals surface area contributed by atoms with Gasteiger partial charge in [0.2, 0.25) is 21.8 Å². The maximum Gasteiger partial charge on any atom is 0.272 e. The van der Waals surface area contributed by atoms with Crippen molar-refractivity contribution in [2.75, 3.05) is 11.9 Å². The number of thiophene rings is 1. The predicted octanol–water partition coefficient (Wildman–Crippen LogP) is 4.32. The molecule has 4 aromatic rings. The fourth-order valence-corrected chi connectivity index (χ4v) is 6.84. The van der Waals surface area contributed by atoms with Crippen LogP contribution in [0.3, 0.4) is 0 Å². The SMILES string of the molecule is CCc1ccccc1NC(=O)C(CC)Sc1nc2ccsc2c(=O)n1CCCC(=O)NCCc1ccc(S(N)(=O)=O)cc1. The number of aryl methyl sites for hydroxylation is 1. The topological polar surface area (TPSA) is 153 Å². The summed E-state index contributed by atoms with van der Waals surface area (Å²) in [6.45, 7) is 4.62. The second-order valence-electron chi connectivity index (χ2n) is 9.89. The number of thioether (sulfide) groups is 1. The summed E-state index contributed by atoms with van der Waals surface area (Å²) in [5.74, 6) is -0.313. The Morgan fingerprint density at radius 3 is 2.53 bits per heavy atom. The molecule has 0 aliphatic rings. The van der Waals surface area contributed by atoms with E-state index in [0.717, 1.165) is 23.2 Å². The summed E-state index contributed by atoms with van der Waals surface area (Å²) >= 11 is 2.58. The van der Waals surface area contributed by atoms with Crippen molar-refractivity contribution in [2.24, 2.45) is 5.14 Å². The lowest BCUT2D eigenvalue weighted by Gasteiger charge is -2.18. The monoisotopic (exact) mass is 641 g/mol. The molecule has 1 unspecified atom stereocenters. The zero-order valence-corrected chi connectivity index (χ0v) is 26.5. The number of primary sulfonamides is 1. The maximum absolute atomic E-state index is 13.4. The smallest absolute Gasteiger partial charge is 0.272 e. The van der Waals surface area contributed by atoms with Gasteiger partial charge in [0.05, 0.1) is 15.7 Å². The van der Waals surface area contributed by atoms with Crippen LogP contribution in [0, 0.1) is 0 Å². The van der Waals surface area contributed by atoms with Crippen molar-refractivity contribution in [3.8, 4) is 0 Å². The number of hydrogen-bond donors (Lipinski definition) is 3. The van der Waals surface area contributed by atoms with Crippen molar-refractivity contribution in [1.82, 2.24) is 14.9 Å². The molecule has 0 saturated heterocycles. The number of carbonyl (C=O) groups is 2. The highest BCUT2D eigenvalue weighted by molar-refractivity contribution is 8.00. The Bertz CT molecular complexity index is 1750. The Hall–Kier alpha value is -3.52. The number of nitrogens with two attached hydrogens (primary N) is 1. The van der Waals surface area contributed by atoms with Gasteiger partial charge < -0.3 is 10.6 Å². The van der Waals surface area contributed by atoms with Crippen molar-refractivity contribution < 1.29 is 18.0 Å². The number of anilines is 1. The van der Waals surface area contributed by atoms with E-state index in [1.807, 2.05) is 43.5 Å². The van der Waals surface area contributed by atoms with E-state index in [9.17, 15) is 22.8 Å². The minimum absolute atomic E-state index is 0.0380. The summed E-state index contributed by atoms with van der Waals surface area (Å²) in [6, 6.07) is 15.7. The molecule has 43 heavy (non-hydrogen) atoms. The summed E-state index contributed by atoms with van der Waals surface area (Å²) in [7, 11) is -3.75. The summed E-state index contributed by atoms with van der Waals surface area (Å²) in [5, 5.41) is 12.8. The molecule has 0 radical (unpaired) electrons. The zero-order valence-electron chi connectivity index (χ0n) is 24.0. The number of sulfonamides is 1. The standard InChI is InChI=1S/C30H35N5O5S3/c1-3-21-8-5-6-9-23(21)33-28(37)25(4-2)42-30-34-24-16-19-41-27(24)29(38)35(30)18-7-10-26(36)32-17-15-20-11-13-22(14-12-20)43(31,39)40/h5-6,8-9,11-14,16,19,25H,3-4,7,10,15,17-18H2,1-2H3,(H,32,36)(H,33,37)(H2,31,39,40). The van der Waals surface area contributed by atoms with Crippen molar-refractivity contribution in [3.63, 3.8) is 0 Å². The Morgan fingerprint density at radius 2 is 1.84 bits per heavy atom. The maximum atomic E-state index is 13.4. The molecule has 2 heterocycles. The Morgan fingerprint density at radius 1 is 1.09 bits per heavy atom. The van der Waals surface area contributed by atoms with E-state index in [1.54, 1.807) is 22.8 Å². The molecule has 0 aliphatic heterocycles. The first-order valence-corrected chi connectivity index (χ1v) is 17.3. The van der Waals surface area contributed by atoms with E-state index in [0.29, 0.717) is 41.2 Å². The van der Waals surface area contributed by atoms with Gasteiger partial charge >= 0.3 is 0 Å². The van der Waals surface area contributed by atoms with Gasteiger partial charge in [-0.25, -0.2) is 18.5 Å². The van der Waals surface area contributed by atoms with Crippen LogP contribution in [-0.4, -0.2) is 41.6 Å². The summed E-state index contributed by atoms with van der Waals surface area (Å²) in [5.41, 5.74) is 3.10. The van der Waals surface area contributed by atoms with Gasteiger partial charge in [0.15, 0.2) is 5.16 Å². The summed E-state index contributed by atoms with van der Waals surface area (Å²) < 4.78 is 24.9. The van der Waals surface area contributed by atoms with Crippen LogP contribution in [0.1, 0.15) is 44.2 Å². The molecule has 13 heteroatoms. The number of hydrogen-bond acceptors (Lipinski definition) is 8. The van der Waals surface area contributed by atoms with Crippen LogP contribution in [0.2, 0.25) is 0 Å². The Balaban J connectivity index is 1.38. The first-order valence-electron chi connectivity index (χ1n) is 14.0. The fourth-order valence-electron chi connectivity index (χ4n) is 4.50. The number of amides is 2. The number of nitrogens with zero attached hydrogens (tertiary/aromatic N) is 2. The van der Waals surface area contributed by atoms with E-state index in [-0.39, 0.29) is 35.2 Å². The third-order valence-electron chi connectivity index (χ3n) is 6.87. The van der Waals surface area contributed by atoms with E-state index in [2.05, 4.69) is 10.6 Å². The third-order valence-corrected chi connectivity index (χ3v) is 10.0. The first kappa shape index (κ1) is 32.4. The van der Waals surface area contributed by atoms with Gasteiger partial charge in [0.25, 0.3) is 5.56 Å². The van der Waals surface area contributed by atoms with Crippen molar-refractivity contribution in [1.29, 1.82) is 0 Å². The Kier molecular flexibility index (Phi) is 11.1. The molecule has 0 aliphatic carbocycles. The quantitative estimate of drug-likeness (QED) is 0.137. The number of benzene rings is 2. The van der Waals surface area contributed by atoms with Crippen molar-refractivity contribution >= 4 is 60.8 Å². The predicted molar refractivity (Wildman–Crippen MR) is 172 cm³/mol.